The topological polar surface area (TPSA) is 43.2 Å². The average molecular weight is 500 g/mol. The first kappa shape index (κ1) is 21.5. The van der Waals surface area contributed by atoms with Crippen molar-refractivity contribution in [2.75, 3.05) is 24.7 Å². The summed E-state index contributed by atoms with van der Waals surface area (Å²) >= 11 is 9.89. The Bertz CT molecular complexity index is 1030. The number of anilines is 1. The van der Waals surface area contributed by atoms with Crippen molar-refractivity contribution in [2.45, 2.75) is 38.8 Å². The van der Waals surface area contributed by atoms with Gasteiger partial charge in [0.15, 0.2) is 0 Å². The molecule has 3 aromatic rings. The number of aromatic nitrogens is 3. The number of halogens is 4. The summed E-state index contributed by atoms with van der Waals surface area (Å²) in [7, 11) is 0. The third-order valence-corrected chi connectivity index (χ3v) is 6.64. The quantitative estimate of drug-likeness (QED) is 0.386. The molecule has 0 amide bonds. The third kappa shape index (κ3) is 4.31. The molecule has 1 aromatic carbocycles. The standard InChI is InChI=1S/C21H22BrClF2N4O/c1-13-3-2-8-28(13)18-7-4-14(11-26-18)21-27-20-16(6-5-15(22)19(20)23)29(21)9-10-30-12-17(24)25/h4-7,11,13,17H,2-3,8-10,12H2,1H3. The lowest BCUT2D eigenvalue weighted by Gasteiger charge is -2.22. The zero-order valence-corrected chi connectivity index (χ0v) is 18.8. The number of ether oxygens (including phenoxy) is 1. The Morgan fingerprint density at radius 2 is 2.13 bits per heavy atom. The molecule has 1 atom stereocenters. The number of benzene rings is 1. The Kier molecular flexibility index (Phi) is 6.55. The van der Waals surface area contributed by atoms with E-state index in [4.69, 9.17) is 21.3 Å². The highest BCUT2D eigenvalue weighted by Crippen LogP contribution is 2.34. The molecule has 3 heterocycles. The number of rotatable bonds is 7. The van der Waals surface area contributed by atoms with E-state index in [1.54, 1.807) is 6.20 Å². The number of hydrogen-bond donors (Lipinski definition) is 0. The number of nitrogens with zero attached hydrogens (tertiary/aromatic N) is 4. The van der Waals surface area contributed by atoms with E-state index < -0.39 is 13.0 Å². The molecule has 0 aliphatic carbocycles. The number of pyridine rings is 1. The van der Waals surface area contributed by atoms with E-state index in [-0.39, 0.29) is 6.61 Å². The molecule has 1 saturated heterocycles. The summed E-state index contributed by atoms with van der Waals surface area (Å²) < 4.78 is 32.6. The summed E-state index contributed by atoms with van der Waals surface area (Å²) in [6, 6.07) is 8.24. The van der Waals surface area contributed by atoms with Crippen molar-refractivity contribution >= 4 is 44.4 Å². The van der Waals surface area contributed by atoms with Gasteiger partial charge in [-0.15, -0.1) is 0 Å². The fourth-order valence-corrected chi connectivity index (χ4v) is 4.39. The highest BCUT2D eigenvalue weighted by atomic mass is 79.9. The molecule has 9 heteroatoms. The van der Waals surface area contributed by atoms with Gasteiger partial charge in [0.05, 0.1) is 17.1 Å². The molecular weight excluding hydrogens is 478 g/mol. The summed E-state index contributed by atoms with van der Waals surface area (Å²) in [5.74, 6) is 1.63. The van der Waals surface area contributed by atoms with Crippen LogP contribution in [0.1, 0.15) is 19.8 Å². The molecule has 0 spiro atoms. The average Bonchev–Trinajstić information content (AvgIpc) is 3.32. The van der Waals surface area contributed by atoms with Crippen LogP contribution in [0, 0.1) is 0 Å². The zero-order chi connectivity index (χ0) is 21.3. The van der Waals surface area contributed by atoms with Crippen molar-refractivity contribution in [3.8, 4) is 11.4 Å². The largest absolute Gasteiger partial charge is 0.374 e. The van der Waals surface area contributed by atoms with E-state index in [9.17, 15) is 8.78 Å². The van der Waals surface area contributed by atoms with E-state index in [0.29, 0.717) is 29.0 Å². The lowest BCUT2D eigenvalue weighted by Crippen LogP contribution is -2.26. The molecule has 160 valence electrons. The molecule has 2 aromatic heterocycles. The van der Waals surface area contributed by atoms with Crippen molar-refractivity contribution < 1.29 is 13.5 Å². The third-order valence-electron chi connectivity index (χ3n) is 5.37. The highest BCUT2D eigenvalue weighted by Gasteiger charge is 2.22. The van der Waals surface area contributed by atoms with E-state index in [2.05, 4.69) is 32.7 Å². The molecule has 1 fully saturated rings. The Hall–Kier alpha value is -1.77. The Morgan fingerprint density at radius 3 is 2.80 bits per heavy atom. The normalized spacial score (nSPS) is 16.9. The first-order chi connectivity index (χ1) is 14.5. The van der Waals surface area contributed by atoms with Crippen LogP contribution in [0.15, 0.2) is 34.9 Å². The van der Waals surface area contributed by atoms with Crippen LogP contribution in [-0.2, 0) is 11.3 Å². The molecule has 0 N–H and O–H groups in total. The predicted octanol–water partition coefficient (Wildman–Crippen LogP) is 5.78. The molecule has 1 aliphatic heterocycles. The summed E-state index contributed by atoms with van der Waals surface area (Å²) in [5.41, 5.74) is 2.30. The molecule has 0 bridgehead atoms. The van der Waals surface area contributed by atoms with Crippen LogP contribution in [0.3, 0.4) is 0 Å². The van der Waals surface area contributed by atoms with E-state index >= 15 is 0 Å². The number of imidazole rings is 1. The van der Waals surface area contributed by atoms with Crippen molar-refractivity contribution in [1.82, 2.24) is 14.5 Å². The number of fused-ring (bicyclic) bond motifs is 1. The summed E-state index contributed by atoms with van der Waals surface area (Å²) in [6.45, 7) is 3.16. The highest BCUT2D eigenvalue weighted by molar-refractivity contribution is 9.10. The van der Waals surface area contributed by atoms with Crippen molar-refractivity contribution in [1.29, 1.82) is 0 Å². The minimum Gasteiger partial charge on any atom is -0.374 e. The van der Waals surface area contributed by atoms with Crippen molar-refractivity contribution in [3.63, 3.8) is 0 Å². The molecule has 5 nitrogen and oxygen atoms in total. The number of hydrogen-bond acceptors (Lipinski definition) is 4. The van der Waals surface area contributed by atoms with Gasteiger partial charge < -0.3 is 14.2 Å². The lowest BCUT2D eigenvalue weighted by atomic mass is 10.2. The van der Waals surface area contributed by atoms with Crippen LogP contribution in [0.25, 0.3) is 22.4 Å². The summed E-state index contributed by atoms with van der Waals surface area (Å²) in [4.78, 5) is 11.7. The number of alkyl halides is 2. The van der Waals surface area contributed by atoms with Gasteiger partial charge in [0.1, 0.15) is 23.8 Å². The van der Waals surface area contributed by atoms with Gasteiger partial charge in [-0.05, 0) is 60.0 Å². The van der Waals surface area contributed by atoms with Crippen LogP contribution in [0.5, 0.6) is 0 Å². The van der Waals surface area contributed by atoms with Gasteiger partial charge in [-0.3, -0.25) is 0 Å². The fraction of sp³-hybridized carbons (Fsp3) is 0.429. The van der Waals surface area contributed by atoms with Crippen LogP contribution in [-0.4, -0.2) is 46.8 Å². The lowest BCUT2D eigenvalue weighted by molar-refractivity contribution is 0.0151. The molecule has 4 rings (SSSR count). The predicted molar refractivity (Wildman–Crippen MR) is 119 cm³/mol. The second-order valence-electron chi connectivity index (χ2n) is 7.37. The molecule has 30 heavy (non-hydrogen) atoms. The minimum absolute atomic E-state index is 0.146. The Labute approximate surface area is 187 Å². The maximum absolute atomic E-state index is 12.4. The van der Waals surface area contributed by atoms with E-state index in [0.717, 1.165) is 27.9 Å². The van der Waals surface area contributed by atoms with Crippen LogP contribution >= 0.6 is 27.5 Å². The molecular formula is C21H22BrClF2N4O. The first-order valence-electron chi connectivity index (χ1n) is 9.89. The first-order valence-corrected chi connectivity index (χ1v) is 11.1. The SMILES string of the molecule is CC1CCCN1c1ccc(-c2nc3c(Cl)c(Br)ccc3n2CCOCC(F)F)cn1. The van der Waals surface area contributed by atoms with E-state index in [1.807, 2.05) is 28.8 Å². The fourth-order valence-electron chi connectivity index (χ4n) is 3.87. The summed E-state index contributed by atoms with van der Waals surface area (Å²) in [6.07, 6.45) is 1.66. The maximum Gasteiger partial charge on any atom is 0.261 e. The monoisotopic (exact) mass is 498 g/mol. The van der Waals surface area contributed by atoms with Gasteiger partial charge in [0, 0.05) is 35.4 Å². The van der Waals surface area contributed by atoms with Crippen LogP contribution in [0.2, 0.25) is 5.02 Å². The smallest absolute Gasteiger partial charge is 0.261 e. The zero-order valence-electron chi connectivity index (χ0n) is 16.5. The minimum atomic E-state index is -2.49. The second-order valence-corrected chi connectivity index (χ2v) is 8.60. The molecule has 0 saturated carbocycles. The molecule has 0 radical (unpaired) electrons. The molecule has 1 unspecified atom stereocenters. The van der Waals surface area contributed by atoms with Gasteiger partial charge in [0.25, 0.3) is 6.43 Å². The summed E-state index contributed by atoms with van der Waals surface area (Å²) in [5, 5.41) is 0.511. The van der Waals surface area contributed by atoms with Crippen LogP contribution in [0.4, 0.5) is 14.6 Å². The van der Waals surface area contributed by atoms with Gasteiger partial charge >= 0.3 is 0 Å². The Morgan fingerprint density at radius 1 is 1.30 bits per heavy atom. The van der Waals surface area contributed by atoms with E-state index in [1.165, 1.54) is 12.8 Å². The Balaban J connectivity index is 1.68. The molecule has 1 aliphatic rings. The van der Waals surface area contributed by atoms with Gasteiger partial charge in [-0.1, -0.05) is 11.6 Å². The van der Waals surface area contributed by atoms with Gasteiger partial charge in [-0.25, -0.2) is 18.7 Å². The van der Waals surface area contributed by atoms with Crippen molar-refractivity contribution in [2.24, 2.45) is 0 Å². The van der Waals surface area contributed by atoms with Crippen LogP contribution < -0.4 is 4.90 Å². The van der Waals surface area contributed by atoms with Gasteiger partial charge in [-0.2, -0.15) is 0 Å². The van der Waals surface area contributed by atoms with Gasteiger partial charge in [0.2, 0.25) is 0 Å². The maximum atomic E-state index is 12.4. The second kappa shape index (κ2) is 9.16. The van der Waals surface area contributed by atoms with Crippen molar-refractivity contribution in [3.05, 3.63) is 40.0 Å².